The van der Waals surface area contributed by atoms with Crippen molar-refractivity contribution in [1.29, 1.82) is 0 Å². The quantitative estimate of drug-likeness (QED) is 0.701. The van der Waals surface area contributed by atoms with E-state index in [-0.39, 0.29) is 0 Å². The number of nitrogens with zero attached hydrogens (tertiary/aromatic N) is 2. The number of hydrogen-bond donors (Lipinski definition) is 1. The fraction of sp³-hybridized carbons (Fsp3) is 0.350. The van der Waals surface area contributed by atoms with Crippen molar-refractivity contribution in [1.82, 2.24) is 14.9 Å². The molecule has 3 aromatic rings. The van der Waals surface area contributed by atoms with Crippen LogP contribution in [0.5, 0.6) is 0 Å². The van der Waals surface area contributed by atoms with Crippen molar-refractivity contribution in [3.63, 3.8) is 0 Å². The van der Waals surface area contributed by atoms with Crippen LogP contribution in [0.25, 0.3) is 11.0 Å². The molecule has 0 radical (unpaired) electrons. The molecule has 120 valence electrons. The molecule has 0 saturated carbocycles. The molecule has 23 heavy (non-hydrogen) atoms. The highest BCUT2D eigenvalue weighted by molar-refractivity contribution is 5.77. The summed E-state index contributed by atoms with van der Waals surface area (Å²) >= 11 is 0. The second-order valence-electron chi connectivity index (χ2n) is 6.20. The summed E-state index contributed by atoms with van der Waals surface area (Å²) in [5, 5.41) is 3.40. The van der Waals surface area contributed by atoms with Crippen LogP contribution >= 0.6 is 0 Å². The lowest BCUT2D eigenvalue weighted by molar-refractivity contribution is 0.664. The standard InChI is InChI=1S/C20H25N3/c1-4-21-12-11-20-22-18-13-16(3)7-10-19(18)23(20)14-17-8-5-15(2)6-9-17/h5-10,13,21H,4,11-12,14H2,1-3H3. The van der Waals surface area contributed by atoms with E-state index in [1.54, 1.807) is 0 Å². The lowest BCUT2D eigenvalue weighted by Gasteiger charge is -2.10. The smallest absolute Gasteiger partial charge is 0.111 e. The first-order chi connectivity index (χ1) is 11.2. The largest absolute Gasteiger partial charge is 0.323 e. The van der Waals surface area contributed by atoms with Crippen molar-refractivity contribution in [2.45, 2.75) is 33.7 Å². The van der Waals surface area contributed by atoms with Crippen molar-refractivity contribution < 1.29 is 0 Å². The molecule has 0 unspecified atom stereocenters. The van der Waals surface area contributed by atoms with Gasteiger partial charge >= 0.3 is 0 Å². The Morgan fingerprint density at radius 2 is 1.74 bits per heavy atom. The highest BCUT2D eigenvalue weighted by Gasteiger charge is 2.11. The maximum absolute atomic E-state index is 4.88. The van der Waals surface area contributed by atoms with Crippen LogP contribution < -0.4 is 5.32 Å². The summed E-state index contributed by atoms with van der Waals surface area (Å²) < 4.78 is 2.36. The van der Waals surface area contributed by atoms with Gasteiger partial charge in [0, 0.05) is 19.5 Å². The average Bonchev–Trinajstić information content (AvgIpc) is 2.87. The Balaban J connectivity index is 1.97. The number of fused-ring (bicyclic) bond motifs is 1. The molecule has 0 bridgehead atoms. The zero-order chi connectivity index (χ0) is 16.2. The maximum Gasteiger partial charge on any atom is 0.111 e. The molecule has 3 nitrogen and oxygen atoms in total. The molecule has 0 atom stereocenters. The van der Waals surface area contributed by atoms with Crippen molar-refractivity contribution in [3.05, 3.63) is 65.0 Å². The topological polar surface area (TPSA) is 29.9 Å². The zero-order valence-electron chi connectivity index (χ0n) is 14.3. The number of imidazole rings is 1. The van der Waals surface area contributed by atoms with E-state index in [9.17, 15) is 0 Å². The molecule has 0 aliphatic carbocycles. The first kappa shape index (κ1) is 15.8. The first-order valence-corrected chi connectivity index (χ1v) is 8.39. The SMILES string of the molecule is CCNCCc1nc2cc(C)ccc2n1Cc1ccc(C)cc1. The molecule has 0 amide bonds. The Morgan fingerprint density at radius 3 is 2.48 bits per heavy atom. The number of nitrogens with one attached hydrogen (secondary N) is 1. The minimum Gasteiger partial charge on any atom is -0.323 e. The molecule has 0 aliphatic heterocycles. The predicted octanol–water partition coefficient (Wildman–Crippen LogP) is 3.85. The summed E-state index contributed by atoms with van der Waals surface area (Å²) in [5.41, 5.74) is 6.20. The second-order valence-corrected chi connectivity index (χ2v) is 6.20. The fourth-order valence-corrected chi connectivity index (χ4v) is 2.91. The van der Waals surface area contributed by atoms with Gasteiger partial charge in [-0.3, -0.25) is 0 Å². The van der Waals surface area contributed by atoms with Gasteiger partial charge in [0.2, 0.25) is 0 Å². The lowest BCUT2D eigenvalue weighted by atomic mass is 10.1. The van der Waals surface area contributed by atoms with E-state index in [1.165, 1.54) is 22.2 Å². The van der Waals surface area contributed by atoms with Gasteiger partial charge in [0.15, 0.2) is 0 Å². The van der Waals surface area contributed by atoms with Crippen molar-refractivity contribution in [3.8, 4) is 0 Å². The molecule has 1 heterocycles. The predicted molar refractivity (Wildman–Crippen MR) is 97.0 cm³/mol. The minimum atomic E-state index is 0.876. The Hall–Kier alpha value is -2.13. The Labute approximate surface area is 138 Å². The van der Waals surface area contributed by atoms with E-state index < -0.39 is 0 Å². The van der Waals surface area contributed by atoms with Crippen LogP contribution in [0.4, 0.5) is 0 Å². The fourth-order valence-electron chi connectivity index (χ4n) is 2.91. The van der Waals surface area contributed by atoms with E-state index in [1.807, 2.05) is 0 Å². The van der Waals surface area contributed by atoms with E-state index in [0.29, 0.717) is 0 Å². The van der Waals surface area contributed by atoms with Crippen LogP contribution in [0.3, 0.4) is 0 Å². The molecule has 0 fully saturated rings. The summed E-state index contributed by atoms with van der Waals surface area (Å²) in [6.45, 7) is 9.22. The molecule has 2 aromatic carbocycles. The van der Waals surface area contributed by atoms with E-state index >= 15 is 0 Å². The Morgan fingerprint density at radius 1 is 1.00 bits per heavy atom. The average molecular weight is 307 g/mol. The van der Waals surface area contributed by atoms with Crippen molar-refractivity contribution in [2.75, 3.05) is 13.1 Å². The van der Waals surface area contributed by atoms with E-state index in [2.05, 4.69) is 73.1 Å². The molecule has 0 saturated heterocycles. The second kappa shape index (κ2) is 6.97. The van der Waals surface area contributed by atoms with Gasteiger partial charge in [-0.2, -0.15) is 0 Å². The normalized spacial score (nSPS) is 11.3. The van der Waals surface area contributed by atoms with Gasteiger partial charge in [0.25, 0.3) is 0 Å². The van der Waals surface area contributed by atoms with Gasteiger partial charge in [0.05, 0.1) is 11.0 Å². The van der Waals surface area contributed by atoms with Gasteiger partial charge in [-0.1, -0.05) is 42.8 Å². The highest BCUT2D eigenvalue weighted by atomic mass is 15.1. The number of aryl methyl sites for hydroxylation is 2. The van der Waals surface area contributed by atoms with Crippen LogP contribution in [0.2, 0.25) is 0 Å². The van der Waals surface area contributed by atoms with E-state index in [4.69, 9.17) is 4.98 Å². The van der Waals surface area contributed by atoms with E-state index in [0.717, 1.165) is 37.4 Å². The summed E-state index contributed by atoms with van der Waals surface area (Å²) in [6, 6.07) is 15.3. The minimum absolute atomic E-state index is 0.876. The first-order valence-electron chi connectivity index (χ1n) is 8.39. The number of likely N-dealkylation sites (N-methyl/N-ethyl adjacent to an activating group) is 1. The number of hydrogen-bond acceptors (Lipinski definition) is 2. The van der Waals surface area contributed by atoms with Crippen LogP contribution in [-0.2, 0) is 13.0 Å². The molecular formula is C20H25N3. The third kappa shape index (κ3) is 3.62. The molecule has 3 heteroatoms. The summed E-state index contributed by atoms with van der Waals surface area (Å²) in [6.07, 6.45) is 0.952. The molecule has 1 N–H and O–H groups in total. The monoisotopic (exact) mass is 307 g/mol. The third-order valence-corrected chi connectivity index (χ3v) is 4.22. The molecule has 0 spiro atoms. The summed E-state index contributed by atoms with van der Waals surface area (Å²) in [4.78, 5) is 4.88. The Kier molecular flexibility index (Phi) is 4.77. The van der Waals surface area contributed by atoms with Gasteiger partial charge in [-0.25, -0.2) is 4.98 Å². The lowest BCUT2D eigenvalue weighted by Crippen LogP contribution is -2.18. The van der Waals surface area contributed by atoms with Crippen molar-refractivity contribution in [2.24, 2.45) is 0 Å². The molecular weight excluding hydrogens is 282 g/mol. The number of aromatic nitrogens is 2. The van der Waals surface area contributed by atoms with Crippen LogP contribution in [0.15, 0.2) is 42.5 Å². The molecule has 1 aromatic heterocycles. The summed E-state index contributed by atoms with van der Waals surface area (Å²) in [5.74, 6) is 1.16. The highest BCUT2D eigenvalue weighted by Crippen LogP contribution is 2.20. The third-order valence-electron chi connectivity index (χ3n) is 4.22. The van der Waals surface area contributed by atoms with Gasteiger partial charge in [0.1, 0.15) is 5.82 Å². The van der Waals surface area contributed by atoms with Crippen LogP contribution in [0, 0.1) is 13.8 Å². The number of benzene rings is 2. The van der Waals surface area contributed by atoms with Crippen LogP contribution in [-0.4, -0.2) is 22.6 Å². The molecule has 3 rings (SSSR count). The zero-order valence-corrected chi connectivity index (χ0v) is 14.3. The van der Waals surface area contributed by atoms with Crippen molar-refractivity contribution >= 4 is 11.0 Å². The van der Waals surface area contributed by atoms with Gasteiger partial charge < -0.3 is 9.88 Å². The molecule has 0 aliphatic rings. The maximum atomic E-state index is 4.88. The number of rotatable bonds is 6. The van der Waals surface area contributed by atoms with Gasteiger partial charge in [-0.15, -0.1) is 0 Å². The summed E-state index contributed by atoms with van der Waals surface area (Å²) in [7, 11) is 0. The Bertz CT molecular complexity index is 785. The van der Waals surface area contributed by atoms with Crippen LogP contribution in [0.1, 0.15) is 29.4 Å². The van der Waals surface area contributed by atoms with Gasteiger partial charge in [-0.05, 0) is 43.7 Å².